The summed E-state index contributed by atoms with van der Waals surface area (Å²) in [6, 6.07) is -0.294. The lowest BCUT2D eigenvalue weighted by atomic mass is 10.2. The second-order valence-corrected chi connectivity index (χ2v) is 5.67. The molecule has 0 radical (unpaired) electrons. The fourth-order valence-electron chi connectivity index (χ4n) is 2.75. The third kappa shape index (κ3) is 2.01. The Kier molecular flexibility index (Phi) is 3.03. The van der Waals surface area contributed by atoms with Crippen LogP contribution in [-0.4, -0.2) is 33.8 Å². The lowest BCUT2D eigenvalue weighted by Gasteiger charge is -2.22. The number of rotatable bonds is 3. The fraction of sp³-hybridized carbons (Fsp3) is 0.583. The Morgan fingerprint density at radius 2 is 2.11 bits per heavy atom. The van der Waals surface area contributed by atoms with Crippen LogP contribution in [0.3, 0.4) is 0 Å². The van der Waals surface area contributed by atoms with E-state index in [-0.39, 0.29) is 24.3 Å². The molecule has 1 saturated carbocycles. The van der Waals surface area contributed by atoms with Crippen molar-refractivity contribution < 1.29 is 9.59 Å². The number of imide groups is 1. The molecule has 1 unspecified atom stereocenters. The first-order valence-electron chi connectivity index (χ1n) is 6.27. The van der Waals surface area contributed by atoms with Crippen LogP contribution >= 0.6 is 11.3 Å². The quantitative estimate of drug-likeness (QED) is 0.844. The van der Waals surface area contributed by atoms with Gasteiger partial charge in [0.25, 0.3) is 5.91 Å². The monoisotopic (exact) mass is 265 g/mol. The summed E-state index contributed by atoms with van der Waals surface area (Å²) >= 11 is 1.44. The number of hydrogen-bond acceptors (Lipinski definition) is 5. The molecule has 2 amide bonds. The molecule has 0 aromatic carbocycles. The van der Waals surface area contributed by atoms with Gasteiger partial charge in [-0.1, -0.05) is 12.8 Å². The van der Waals surface area contributed by atoms with Gasteiger partial charge in [0.2, 0.25) is 5.91 Å². The number of aromatic nitrogens is 1. The Hall–Kier alpha value is -1.43. The van der Waals surface area contributed by atoms with Crippen LogP contribution in [0.2, 0.25) is 0 Å². The van der Waals surface area contributed by atoms with E-state index in [1.165, 1.54) is 16.2 Å². The Labute approximate surface area is 109 Å². The minimum Gasteiger partial charge on any atom is -0.349 e. The fourth-order valence-corrected chi connectivity index (χ4v) is 3.34. The van der Waals surface area contributed by atoms with Crippen LogP contribution < -0.4 is 5.32 Å². The smallest absolute Gasteiger partial charge is 0.252 e. The number of hydrogen-bond donors (Lipinski definition) is 1. The molecule has 1 aromatic heterocycles. The summed E-state index contributed by atoms with van der Waals surface area (Å²) in [4.78, 5) is 29.8. The molecule has 1 N–H and O–H groups in total. The van der Waals surface area contributed by atoms with Crippen LogP contribution in [0.1, 0.15) is 32.1 Å². The number of thiazole rings is 1. The molecule has 6 heteroatoms. The summed E-state index contributed by atoms with van der Waals surface area (Å²) in [6.45, 7) is 0. The van der Waals surface area contributed by atoms with Crippen molar-refractivity contribution in [3.05, 3.63) is 11.6 Å². The van der Waals surface area contributed by atoms with Gasteiger partial charge in [0.1, 0.15) is 6.04 Å². The number of nitrogens with one attached hydrogen (secondary N) is 1. The Morgan fingerprint density at radius 1 is 1.33 bits per heavy atom. The van der Waals surface area contributed by atoms with Crippen molar-refractivity contribution in [3.63, 3.8) is 0 Å². The number of nitrogens with zero attached hydrogens (tertiary/aromatic N) is 2. The van der Waals surface area contributed by atoms with Crippen molar-refractivity contribution in [2.45, 2.75) is 44.2 Å². The summed E-state index contributed by atoms with van der Waals surface area (Å²) in [5, 5.41) is 5.60. The van der Waals surface area contributed by atoms with E-state index in [1.54, 1.807) is 6.20 Å². The normalized spacial score (nSPS) is 25.1. The van der Waals surface area contributed by atoms with Gasteiger partial charge in [-0.25, -0.2) is 4.98 Å². The molecule has 2 fully saturated rings. The molecule has 0 bridgehead atoms. The highest BCUT2D eigenvalue weighted by atomic mass is 32.1. The van der Waals surface area contributed by atoms with Crippen LogP contribution in [-0.2, 0) is 9.59 Å². The summed E-state index contributed by atoms with van der Waals surface area (Å²) in [5.41, 5.74) is 0. The van der Waals surface area contributed by atoms with Crippen molar-refractivity contribution in [1.29, 1.82) is 0 Å². The van der Waals surface area contributed by atoms with Gasteiger partial charge in [-0.2, -0.15) is 0 Å². The van der Waals surface area contributed by atoms with Gasteiger partial charge in [-0.15, -0.1) is 11.3 Å². The number of carbonyl (C=O) groups excluding carboxylic acids is 2. The first-order valence-corrected chi connectivity index (χ1v) is 7.15. The lowest BCUT2D eigenvalue weighted by molar-refractivity contribution is -0.141. The summed E-state index contributed by atoms with van der Waals surface area (Å²) in [7, 11) is 0. The van der Waals surface area contributed by atoms with E-state index >= 15 is 0 Å². The molecule has 1 atom stereocenters. The van der Waals surface area contributed by atoms with Gasteiger partial charge < -0.3 is 5.32 Å². The number of carbonyl (C=O) groups is 2. The minimum atomic E-state index is -0.427. The van der Waals surface area contributed by atoms with Crippen LogP contribution in [0.4, 0.5) is 5.13 Å². The molecule has 2 aliphatic rings. The van der Waals surface area contributed by atoms with Crippen LogP contribution in [0.25, 0.3) is 0 Å². The zero-order valence-electron chi connectivity index (χ0n) is 9.96. The highest BCUT2D eigenvalue weighted by Gasteiger charge is 2.43. The predicted molar refractivity (Wildman–Crippen MR) is 68.3 cm³/mol. The average molecular weight is 265 g/mol. The second kappa shape index (κ2) is 4.68. The zero-order chi connectivity index (χ0) is 12.5. The van der Waals surface area contributed by atoms with Crippen LogP contribution in [0, 0.1) is 0 Å². The molecule has 1 aliphatic carbocycles. The second-order valence-electron chi connectivity index (χ2n) is 4.78. The van der Waals surface area contributed by atoms with Gasteiger partial charge in [0.05, 0.1) is 6.42 Å². The van der Waals surface area contributed by atoms with E-state index in [0.717, 1.165) is 25.7 Å². The molecule has 3 rings (SSSR count). The molecule has 96 valence electrons. The average Bonchev–Trinajstić information content (AvgIpc) is 3.03. The van der Waals surface area contributed by atoms with E-state index in [1.807, 2.05) is 5.38 Å². The molecular formula is C12H15N3O2S. The maximum absolute atomic E-state index is 12.2. The van der Waals surface area contributed by atoms with E-state index in [4.69, 9.17) is 0 Å². The van der Waals surface area contributed by atoms with Crippen molar-refractivity contribution >= 4 is 28.3 Å². The maximum atomic E-state index is 12.2. The predicted octanol–water partition coefficient (Wildman–Crippen LogP) is 1.63. The summed E-state index contributed by atoms with van der Waals surface area (Å²) in [5.74, 6) is -0.122. The van der Waals surface area contributed by atoms with Crippen molar-refractivity contribution in [2.24, 2.45) is 0 Å². The van der Waals surface area contributed by atoms with Crippen molar-refractivity contribution in [3.8, 4) is 0 Å². The molecular weight excluding hydrogens is 250 g/mol. The Morgan fingerprint density at radius 3 is 2.78 bits per heavy atom. The lowest BCUT2D eigenvalue weighted by Crippen LogP contribution is -2.40. The standard InChI is InChI=1S/C12H15N3O2S/c16-10-7-9(14-12-13-5-6-18-12)11(17)15(10)8-3-1-2-4-8/h5-6,8-9H,1-4,7H2,(H,13,14). The SMILES string of the molecule is O=C1CC(Nc2nccs2)C(=O)N1C1CCCC1. The first-order chi connectivity index (χ1) is 8.75. The van der Waals surface area contributed by atoms with Gasteiger partial charge in [-0.05, 0) is 12.8 Å². The third-order valence-electron chi connectivity index (χ3n) is 3.60. The zero-order valence-corrected chi connectivity index (χ0v) is 10.8. The highest BCUT2D eigenvalue weighted by molar-refractivity contribution is 7.13. The highest BCUT2D eigenvalue weighted by Crippen LogP contribution is 2.29. The molecule has 0 spiro atoms. The number of amides is 2. The maximum Gasteiger partial charge on any atom is 0.252 e. The molecule has 18 heavy (non-hydrogen) atoms. The first kappa shape index (κ1) is 11.6. The molecule has 1 saturated heterocycles. The van der Waals surface area contributed by atoms with Crippen molar-refractivity contribution in [2.75, 3.05) is 5.32 Å². The van der Waals surface area contributed by atoms with Crippen LogP contribution in [0.5, 0.6) is 0 Å². The molecule has 1 aliphatic heterocycles. The van der Waals surface area contributed by atoms with E-state index in [2.05, 4.69) is 10.3 Å². The van der Waals surface area contributed by atoms with Gasteiger partial charge >= 0.3 is 0 Å². The van der Waals surface area contributed by atoms with E-state index < -0.39 is 6.04 Å². The topological polar surface area (TPSA) is 62.3 Å². The van der Waals surface area contributed by atoms with Crippen molar-refractivity contribution in [1.82, 2.24) is 9.88 Å². The Balaban J connectivity index is 1.71. The number of anilines is 1. The molecule has 2 heterocycles. The Bertz CT molecular complexity index is 454. The van der Waals surface area contributed by atoms with Crippen LogP contribution in [0.15, 0.2) is 11.6 Å². The van der Waals surface area contributed by atoms with E-state index in [9.17, 15) is 9.59 Å². The molecule has 1 aromatic rings. The van der Waals surface area contributed by atoms with Gasteiger partial charge in [-0.3, -0.25) is 14.5 Å². The van der Waals surface area contributed by atoms with E-state index in [0.29, 0.717) is 5.13 Å². The third-order valence-corrected chi connectivity index (χ3v) is 4.31. The largest absolute Gasteiger partial charge is 0.349 e. The number of likely N-dealkylation sites (tertiary alicyclic amines) is 1. The summed E-state index contributed by atoms with van der Waals surface area (Å²) < 4.78 is 0. The minimum absolute atomic E-state index is 0.0408. The summed E-state index contributed by atoms with van der Waals surface area (Å²) in [6.07, 6.45) is 6.10. The van der Waals surface area contributed by atoms with Gasteiger partial charge in [0.15, 0.2) is 5.13 Å². The van der Waals surface area contributed by atoms with Gasteiger partial charge in [0, 0.05) is 17.6 Å². The molecule has 5 nitrogen and oxygen atoms in total.